The van der Waals surface area contributed by atoms with Crippen molar-refractivity contribution in [2.45, 2.75) is 53.6 Å². The van der Waals surface area contributed by atoms with Crippen molar-refractivity contribution in [3.8, 4) is 11.5 Å². The molecule has 33 heavy (non-hydrogen) atoms. The largest absolute Gasteiger partial charge is 0.490 e. The average Bonchev–Trinajstić information content (AvgIpc) is 2.80. The molecule has 7 nitrogen and oxygen atoms in total. The Morgan fingerprint density at radius 3 is 2.30 bits per heavy atom. The summed E-state index contributed by atoms with van der Waals surface area (Å²) in [5.41, 5.74) is 0.981. The zero-order valence-electron chi connectivity index (χ0n) is 20.1. The maximum absolute atomic E-state index is 13.4. The molecule has 0 saturated carbocycles. The molecule has 0 spiro atoms. The van der Waals surface area contributed by atoms with Crippen LogP contribution < -0.4 is 20.3 Å². The van der Waals surface area contributed by atoms with E-state index in [2.05, 4.69) is 10.4 Å². The number of fused-ring (bicyclic) bond motifs is 1. The quantitative estimate of drug-likeness (QED) is 0.482. The number of carbonyl (C=O) groups is 1. The molecule has 7 heteroatoms. The molecule has 0 fully saturated rings. The van der Waals surface area contributed by atoms with Crippen LogP contribution in [0.5, 0.6) is 11.5 Å². The fourth-order valence-corrected chi connectivity index (χ4v) is 3.87. The van der Waals surface area contributed by atoms with Crippen LogP contribution in [-0.4, -0.2) is 28.9 Å². The van der Waals surface area contributed by atoms with Gasteiger partial charge in [0.1, 0.15) is 0 Å². The maximum Gasteiger partial charge on any atom is 0.274 e. The number of hydrogen-bond donors (Lipinski definition) is 1. The molecule has 0 radical (unpaired) electrons. The van der Waals surface area contributed by atoms with Gasteiger partial charge in [-0.3, -0.25) is 9.59 Å². The summed E-state index contributed by atoms with van der Waals surface area (Å²) in [6.07, 6.45) is 0.743. The number of hydrogen-bond acceptors (Lipinski definition) is 5. The van der Waals surface area contributed by atoms with Gasteiger partial charge in [-0.25, -0.2) is 4.68 Å². The minimum Gasteiger partial charge on any atom is -0.490 e. The number of ether oxygens (including phenoxy) is 2. The molecule has 3 aromatic rings. The van der Waals surface area contributed by atoms with Gasteiger partial charge in [0.15, 0.2) is 17.2 Å². The Kier molecular flexibility index (Phi) is 8.09. The lowest BCUT2D eigenvalue weighted by atomic mass is 9.95. The van der Waals surface area contributed by atoms with Gasteiger partial charge in [0.05, 0.1) is 24.6 Å². The number of aryl methyl sites for hydroxylation is 1. The van der Waals surface area contributed by atoms with Gasteiger partial charge in [-0.2, -0.15) is 5.10 Å². The molecule has 3 rings (SSSR count). The highest BCUT2D eigenvalue weighted by molar-refractivity contribution is 6.04. The molecule has 1 unspecified atom stereocenters. The third kappa shape index (κ3) is 5.35. The van der Waals surface area contributed by atoms with Crippen LogP contribution in [0.3, 0.4) is 0 Å². The third-order valence-corrected chi connectivity index (χ3v) is 5.40. The molecule has 0 aliphatic heterocycles. The van der Waals surface area contributed by atoms with Crippen LogP contribution in [0.1, 0.15) is 63.1 Å². The Morgan fingerprint density at radius 2 is 1.67 bits per heavy atom. The molecular formula is C26H33N3O4. The topological polar surface area (TPSA) is 82.5 Å². The van der Waals surface area contributed by atoms with E-state index in [-0.39, 0.29) is 29.1 Å². The van der Waals surface area contributed by atoms with E-state index in [0.717, 1.165) is 12.0 Å². The standard InChI is InChI=1S/C26H33N3O4/c1-6-15-29-26(31)20-12-10-9-11-19(20)24(28-29)25(30)27-23(17(4)5)18-13-14-21(32-7-2)22(16-18)33-8-3/h9-14,16-17,23H,6-8,15H2,1-5H3,(H,27,30). The number of carbonyl (C=O) groups excluding carboxylic acids is 1. The Balaban J connectivity index is 2.01. The van der Waals surface area contributed by atoms with Crippen LogP contribution in [0.4, 0.5) is 0 Å². The minimum atomic E-state index is -0.318. The van der Waals surface area contributed by atoms with E-state index in [1.807, 2.05) is 58.9 Å². The van der Waals surface area contributed by atoms with Crippen LogP contribution in [0.25, 0.3) is 10.8 Å². The smallest absolute Gasteiger partial charge is 0.274 e. The summed E-state index contributed by atoms with van der Waals surface area (Å²) in [4.78, 5) is 26.2. The number of rotatable bonds is 10. The van der Waals surface area contributed by atoms with Crippen molar-refractivity contribution in [1.29, 1.82) is 0 Å². The van der Waals surface area contributed by atoms with Crippen molar-refractivity contribution in [2.75, 3.05) is 13.2 Å². The Hall–Kier alpha value is -3.35. The van der Waals surface area contributed by atoms with E-state index in [4.69, 9.17) is 9.47 Å². The monoisotopic (exact) mass is 451 g/mol. The lowest BCUT2D eigenvalue weighted by Gasteiger charge is -2.24. The minimum absolute atomic E-state index is 0.106. The van der Waals surface area contributed by atoms with Crippen molar-refractivity contribution in [1.82, 2.24) is 15.1 Å². The predicted octanol–water partition coefficient (Wildman–Crippen LogP) is 4.73. The number of nitrogens with zero attached hydrogens (tertiary/aromatic N) is 2. The van der Waals surface area contributed by atoms with Crippen molar-refractivity contribution >= 4 is 16.7 Å². The van der Waals surface area contributed by atoms with Crippen LogP contribution >= 0.6 is 0 Å². The van der Waals surface area contributed by atoms with Gasteiger partial charge in [-0.1, -0.05) is 45.0 Å². The van der Waals surface area contributed by atoms with Crippen molar-refractivity contribution in [3.63, 3.8) is 0 Å². The van der Waals surface area contributed by atoms with Gasteiger partial charge >= 0.3 is 0 Å². The van der Waals surface area contributed by atoms with E-state index in [0.29, 0.717) is 42.0 Å². The molecule has 1 atom stereocenters. The second-order valence-corrected chi connectivity index (χ2v) is 8.19. The Bertz CT molecular complexity index is 1170. The first-order chi connectivity index (χ1) is 15.9. The molecule has 1 N–H and O–H groups in total. The normalized spacial score (nSPS) is 12.1. The fourth-order valence-electron chi connectivity index (χ4n) is 3.87. The Labute approximate surface area is 194 Å². The van der Waals surface area contributed by atoms with Gasteiger partial charge in [0.25, 0.3) is 11.5 Å². The molecule has 176 valence electrons. The zero-order chi connectivity index (χ0) is 24.0. The van der Waals surface area contributed by atoms with Crippen molar-refractivity contribution in [2.24, 2.45) is 5.92 Å². The highest BCUT2D eigenvalue weighted by Gasteiger charge is 2.24. The van der Waals surface area contributed by atoms with Gasteiger partial charge in [0.2, 0.25) is 0 Å². The predicted molar refractivity (Wildman–Crippen MR) is 130 cm³/mol. The van der Waals surface area contributed by atoms with E-state index >= 15 is 0 Å². The molecular weight excluding hydrogens is 418 g/mol. The lowest BCUT2D eigenvalue weighted by Crippen LogP contribution is -2.35. The maximum atomic E-state index is 13.4. The number of aromatic nitrogens is 2. The summed E-state index contributed by atoms with van der Waals surface area (Å²) in [6.45, 7) is 11.4. The molecule has 0 bridgehead atoms. The van der Waals surface area contributed by atoms with E-state index < -0.39 is 0 Å². The number of amides is 1. The molecule has 2 aromatic carbocycles. The van der Waals surface area contributed by atoms with Gasteiger partial charge in [-0.15, -0.1) is 0 Å². The molecule has 1 aromatic heterocycles. The van der Waals surface area contributed by atoms with Crippen LogP contribution in [0.15, 0.2) is 47.3 Å². The van der Waals surface area contributed by atoms with Crippen molar-refractivity contribution in [3.05, 3.63) is 64.1 Å². The van der Waals surface area contributed by atoms with Crippen LogP contribution in [-0.2, 0) is 6.54 Å². The second kappa shape index (κ2) is 11.0. The van der Waals surface area contributed by atoms with Crippen molar-refractivity contribution < 1.29 is 14.3 Å². The zero-order valence-corrected chi connectivity index (χ0v) is 20.1. The Morgan fingerprint density at radius 1 is 1.00 bits per heavy atom. The average molecular weight is 452 g/mol. The van der Waals surface area contributed by atoms with E-state index in [1.54, 1.807) is 18.2 Å². The summed E-state index contributed by atoms with van der Waals surface area (Å²) in [6, 6.07) is 12.6. The first-order valence-corrected chi connectivity index (χ1v) is 11.6. The highest BCUT2D eigenvalue weighted by atomic mass is 16.5. The summed E-state index contributed by atoms with van der Waals surface area (Å²) in [5, 5.41) is 8.61. The number of nitrogens with one attached hydrogen (secondary N) is 1. The SMILES string of the molecule is CCCn1nc(C(=O)NC(c2ccc(OCC)c(OCC)c2)C(C)C)c2ccccc2c1=O. The molecule has 1 heterocycles. The fraction of sp³-hybridized carbons (Fsp3) is 0.423. The van der Waals surface area contributed by atoms with Gasteiger partial charge in [0, 0.05) is 11.9 Å². The van der Waals surface area contributed by atoms with Gasteiger partial charge < -0.3 is 14.8 Å². The number of benzene rings is 2. The van der Waals surface area contributed by atoms with Gasteiger partial charge in [-0.05, 0) is 49.9 Å². The molecule has 0 aliphatic carbocycles. The van der Waals surface area contributed by atoms with Crippen LogP contribution in [0, 0.1) is 5.92 Å². The summed E-state index contributed by atoms with van der Waals surface area (Å²) in [5.74, 6) is 1.11. The highest BCUT2D eigenvalue weighted by Crippen LogP contribution is 2.33. The first kappa shape index (κ1) is 24.3. The summed E-state index contributed by atoms with van der Waals surface area (Å²) < 4.78 is 12.8. The summed E-state index contributed by atoms with van der Waals surface area (Å²) >= 11 is 0. The van der Waals surface area contributed by atoms with E-state index in [1.165, 1.54) is 4.68 Å². The molecule has 0 saturated heterocycles. The lowest BCUT2D eigenvalue weighted by molar-refractivity contribution is 0.0919. The third-order valence-electron chi connectivity index (χ3n) is 5.40. The molecule has 0 aliphatic rings. The van der Waals surface area contributed by atoms with Crippen LogP contribution in [0.2, 0.25) is 0 Å². The molecule has 1 amide bonds. The first-order valence-electron chi connectivity index (χ1n) is 11.6. The summed E-state index contributed by atoms with van der Waals surface area (Å²) in [7, 11) is 0. The second-order valence-electron chi connectivity index (χ2n) is 8.19. The van der Waals surface area contributed by atoms with E-state index in [9.17, 15) is 9.59 Å².